The molecule has 0 aromatic carbocycles. The first kappa shape index (κ1) is 16.4. The van der Waals surface area contributed by atoms with E-state index in [2.05, 4.69) is 25.6 Å². The molecule has 8 nitrogen and oxygen atoms in total. The lowest BCUT2D eigenvalue weighted by Crippen LogP contribution is -2.17. The number of hydrogen-bond donors (Lipinski definition) is 2. The summed E-state index contributed by atoms with van der Waals surface area (Å²) >= 11 is 0. The molecule has 114 valence electrons. The molecule has 0 saturated heterocycles. The van der Waals surface area contributed by atoms with Gasteiger partial charge in [0, 0.05) is 41.4 Å². The van der Waals surface area contributed by atoms with E-state index in [0.29, 0.717) is 37.7 Å². The van der Waals surface area contributed by atoms with Crippen LogP contribution in [0.4, 0.5) is 17.8 Å². The summed E-state index contributed by atoms with van der Waals surface area (Å²) in [5.41, 5.74) is 0. The van der Waals surface area contributed by atoms with Gasteiger partial charge in [0.05, 0.1) is 13.2 Å². The Balaban J connectivity index is 2.37. The largest absolute Gasteiger partial charge is 0.382 e. The average Bonchev–Trinajstić information content (AvgIpc) is 2.46. The van der Waals surface area contributed by atoms with Gasteiger partial charge in [0.15, 0.2) is 0 Å². The van der Waals surface area contributed by atoms with Gasteiger partial charge in [-0.2, -0.15) is 15.0 Å². The Kier molecular flexibility index (Phi) is 7.59. The molecule has 20 heavy (non-hydrogen) atoms. The van der Waals surface area contributed by atoms with Crippen molar-refractivity contribution in [3.63, 3.8) is 0 Å². The van der Waals surface area contributed by atoms with E-state index in [1.807, 2.05) is 19.0 Å². The number of anilines is 3. The molecule has 1 rings (SSSR count). The van der Waals surface area contributed by atoms with Crippen LogP contribution >= 0.6 is 0 Å². The van der Waals surface area contributed by atoms with Gasteiger partial charge in [-0.05, 0) is 6.42 Å². The zero-order chi connectivity index (χ0) is 14.8. The lowest BCUT2D eigenvalue weighted by atomic mass is 10.4. The van der Waals surface area contributed by atoms with Crippen LogP contribution in [0.15, 0.2) is 0 Å². The van der Waals surface area contributed by atoms with Gasteiger partial charge in [-0.3, -0.25) is 0 Å². The van der Waals surface area contributed by atoms with Crippen LogP contribution in [0.3, 0.4) is 0 Å². The molecule has 0 aliphatic heterocycles. The molecule has 0 radical (unpaired) electrons. The summed E-state index contributed by atoms with van der Waals surface area (Å²) in [5, 5.41) is 6.09. The highest BCUT2D eigenvalue weighted by Crippen LogP contribution is 2.10. The third kappa shape index (κ3) is 5.98. The number of hydrogen-bond acceptors (Lipinski definition) is 8. The number of nitrogens with zero attached hydrogens (tertiary/aromatic N) is 4. The molecule has 1 heterocycles. The van der Waals surface area contributed by atoms with E-state index in [1.54, 1.807) is 14.2 Å². The predicted molar refractivity (Wildman–Crippen MR) is 79.5 cm³/mol. The molecule has 0 unspecified atom stereocenters. The highest BCUT2D eigenvalue weighted by atomic mass is 16.5. The van der Waals surface area contributed by atoms with Crippen molar-refractivity contribution in [1.29, 1.82) is 0 Å². The van der Waals surface area contributed by atoms with Crippen molar-refractivity contribution in [3.05, 3.63) is 0 Å². The van der Waals surface area contributed by atoms with Crippen molar-refractivity contribution < 1.29 is 9.47 Å². The molecule has 0 fully saturated rings. The van der Waals surface area contributed by atoms with Crippen LogP contribution in [-0.4, -0.2) is 69.6 Å². The Hall–Kier alpha value is -1.67. The Morgan fingerprint density at radius 1 is 1.05 bits per heavy atom. The zero-order valence-electron chi connectivity index (χ0n) is 12.6. The maximum Gasteiger partial charge on any atom is 0.231 e. The second-order valence-electron chi connectivity index (χ2n) is 4.31. The molecule has 0 bridgehead atoms. The van der Waals surface area contributed by atoms with E-state index in [4.69, 9.17) is 9.47 Å². The Labute approximate surface area is 119 Å². The van der Waals surface area contributed by atoms with Crippen LogP contribution in [-0.2, 0) is 9.47 Å². The number of methoxy groups -OCH3 is 1. The van der Waals surface area contributed by atoms with Gasteiger partial charge in [-0.25, -0.2) is 0 Å². The molecule has 0 saturated carbocycles. The molecule has 0 aliphatic rings. The molecule has 1 aromatic rings. The van der Waals surface area contributed by atoms with E-state index in [1.165, 1.54) is 0 Å². The molecule has 0 atom stereocenters. The van der Waals surface area contributed by atoms with Gasteiger partial charge in [0.2, 0.25) is 17.8 Å². The van der Waals surface area contributed by atoms with Crippen molar-refractivity contribution in [2.45, 2.75) is 6.42 Å². The third-order valence-corrected chi connectivity index (χ3v) is 2.43. The summed E-state index contributed by atoms with van der Waals surface area (Å²) in [7, 11) is 7.22. The van der Waals surface area contributed by atoms with E-state index in [9.17, 15) is 0 Å². The second-order valence-corrected chi connectivity index (χ2v) is 4.31. The minimum atomic E-state index is 0.544. The molecule has 8 heteroatoms. The fourth-order valence-electron chi connectivity index (χ4n) is 1.37. The fourth-order valence-corrected chi connectivity index (χ4v) is 1.37. The number of aromatic nitrogens is 3. The van der Waals surface area contributed by atoms with Gasteiger partial charge >= 0.3 is 0 Å². The van der Waals surface area contributed by atoms with Crippen LogP contribution in [0.1, 0.15) is 6.42 Å². The summed E-state index contributed by atoms with van der Waals surface area (Å²) in [6.45, 7) is 2.67. The predicted octanol–water partition coefficient (Wildman–Crippen LogP) is 0.444. The molecule has 0 amide bonds. The summed E-state index contributed by atoms with van der Waals surface area (Å²) in [6, 6.07) is 0. The van der Waals surface area contributed by atoms with Gasteiger partial charge in [0.25, 0.3) is 0 Å². The fraction of sp³-hybridized carbons (Fsp3) is 0.750. The lowest BCUT2D eigenvalue weighted by molar-refractivity contribution is 0.0705. The third-order valence-electron chi connectivity index (χ3n) is 2.43. The number of ether oxygens (including phenoxy) is 2. The quantitative estimate of drug-likeness (QED) is 0.599. The van der Waals surface area contributed by atoms with E-state index < -0.39 is 0 Å². The maximum absolute atomic E-state index is 5.38. The molecule has 0 spiro atoms. The van der Waals surface area contributed by atoms with Crippen LogP contribution in [0.2, 0.25) is 0 Å². The van der Waals surface area contributed by atoms with Crippen LogP contribution in [0, 0.1) is 0 Å². The van der Waals surface area contributed by atoms with Crippen molar-refractivity contribution in [2.75, 3.05) is 70.2 Å². The van der Waals surface area contributed by atoms with Crippen molar-refractivity contribution in [1.82, 2.24) is 15.0 Å². The Morgan fingerprint density at radius 2 is 1.80 bits per heavy atom. The first-order valence-corrected chi connectivity index (χ1v) is 6.59. The summed E-state index contributed by atoms with van der Waals surface area (Å²) in [4.78, 5) is 14.6. The van der Waals surface area contributed by atoms with Gasteiger partial charge in [0.1, 0.15) is 0 Å². The zero-order valence-corrected chi connectivity index (χ0v) is 12.6. The minimum Gasteiger partial charge on any atom is -0.382 e. The number of rotatable bonds is 10. The van der Waals surface area contributed by atoms with Crippen LogP contribution < -0.4 is 15.5 Å². The average molecular weight is 284 g/mol. The molecule has 0 aliphatic carbocycles. The summed E-state index contributed by atoms with van der Waals surface area (Å²) in [6.07, 6.45) is 0.877. The van der Waals surface area contributed by atoms with E-state index in [0.717, 1.165) is 13.0 Å². The van der Waals surface area contributed by atoms with Crippen molar-refractivity contribution >= 4 is 17.8 Å². The molecular formula is C12H24N6O2. The van der Waals surface area contributed by atoms with E-state index >= 15 is 0 Å². The smallest absolute Gasteiger partial charge is 0.231 e. The normalized spacial score (nSPS) is 10.4. The first-order chi connectivity index (χ1) is 9.67. The number of nitrogens with one attached hydrogen (secondary N) is 2. The SMILES string of the molecule is CNc1nc(NCCCOCCOC)nc(N(C)C)n1. The molecule has 2 N–H and O–H groups in total. The molecular weight excluding hydrogens is 260 g/mol. The van der Waals surface area contributed by atoms with Crippen LogP contribution in [0.25, 0.3) is 0 Å². The van der Waals surface area contributed by atoms with E-state index in [-0.39, 0.29) is 0 Å². The summed E-state index contributed by atoms with van der Waals surface area (Å²) in [5.74, 6) is 1.72. The monoisotopic (exact) mass is 284 g/mol. The highest BCUT2D eigenvalue weighted by Gasteiger charge is 2.06. The van der Waals surface area contributed by atoms with Crippen molar-refractivity contribution in [2.24, 2.45) is 0 Å². The molecule has 1 aromatic heterocycles. The highest BCUT2D eigenvalue weighted by molar-refractivity contribution is 5.42. The topological polar surface area (TPSA) is 84.4 Å². The maximum atomic E-state index is 5.38. The van der Waals surface area contributed by atoms with Gasteiger partial charge in [-0.1, -0.05) is 0 Å². The van der Waals surface area contributed by atoms with Gasteiger partial charge < -0.3 is 25.0 Å². The van der Waals surface area contributed by atoms with Gasteiger partial charge in [-0.15, -0.1) is 0 Å². The first-order valence-electron chi connectivity index (χ1n) is 6.59. The second kappa shape index (κ2) is 9.27. The van der Waals surface area contributed by atoms with Crippen molar-refractivity contribution in [3.8, 4) is 0 Å². The van der Waals surface area contributed by atoms with Crippen LogP contribution in [0.5, 0.6) is 0 Å². The minimum absolute atomic E-state index is 0.544. The Morgan fingerprint density at radius 3 is 2.45 bits per heavy atom. The summed E-state index contributed by atoms with van der Waals surface area (Å²) < 4.78 is 10.3. The Bertz CT molecular complexity index is 388. The standard InChI is InChI=1S/C12H24N6O2/c1-13-10-15-11(17-12(16-10)18(2)3)14-6-5-7-20-9-8-19-4/h5-9H2,1-4H3,(H2,13,14,15,16,17). The lowest BCUT2D eigenvalue weighted by Gasteiger charge is -2.13.